The van der Waals surface area contributed by atoms with Crippen LogP contribution in [0.1, 0.15) is 24.8 Å². The van der Waals surface area contributed by atoms with Gasteiger partial charge in [-0.2, -0.15) is 0 Å². The number of ether oxygens (including phenoxy) is 2. The van der Waals surface area contributed by atoms with Gasteiger partial charge in [0.05, 0.1) is 25.5 Å². The summed E-state index contributed by atoms with van der Waals surface area (Å²) in [5.41, 5.74) is 1.80. The fraction of sp³-hybridized carbons (Fsp3) is 0.550. The normalized spacial score (nSPS) is 18.9. The van der Waals surface area contributed by atoms with Gasteiger partial charge in [-0.3, -0.25) is 4.90 Å². The van der Waals surface area contributed by atoms with Gasteiger partial charge in [-0.1, -0.05) is 6.92 Å². The van der Waals surface area contributed by atoms with Crippen molar-refractivity contribution < 1.29 is 13.9 Å². The Balaban J connectivity index is 1.82. The van der Waals surface area contributed by atoms with Gasteiger partial charge in [0.25, 0.3) is 0 Å². The van der Waals surface area contributed by atoms with Gasteiger partial charge in [-0.05, 0) is 38.6 Å². The summed E-state index contributed by atoms with van der Waals surface area (Å²) in [5, 5.41) is 0. The molecule has 2 heterocycles. The zero-order chi connectivity index (χ0) is 18.7. The molecule has 1 aliphatic rings. The molecule has 6 heteroatoms. The molecule has 142 valence electrons. The number of hydrogen-bond acceptors (Lipinski definition) is 6. The van der Waals surface area contributed by atoms with Crippen LogP contribution in [0, 0.1) is 6.92 Å². The van der Waals surface area contributed by atoms with E-state index in [1.165, 1.54) is 0 Å². The van der Waals surface area contributed by atoms with Crippen molar-refractivity contribution in [2.45, 2.75) is 32.9 Å². The number of benzene rings is 1. The summed E-state index contributed by atoms with van der Waals surface area (Å²) in [6, 6.07) is 6.25. The third-order valence-corrected chi connectivity index (χ3v) is 5.24. The van der Waals surface area contributed by atoms with Crippen molar-refractivity contribution in [1.29, 1.82) is 0 Å². The molecule has 1 saturated heterocycles. The maximum absolute atomic E-state index is 5.97. The SMILES string of the molecule is CC[C@@H]1CN(Cc2nc(-c3cc(OC)ccc3OC)oc2C)CCN1C. The van der Waals surface area contributed by atoms with Crippen LogP contribution < -0.4 is 9.47 Å². The number of aromatic nitrogens is 1. The summed E-state index contributed by atoms with van der Waals surface area (Å²) in [5.74, 6) is 2.92. The molecule has 1 fully saturated rings. The molecule has 0 radical (unpaired) electrons. The number of oxazole rings is 1. The highest BCUT2D eigenvalue weighted by Crippen LogP contribution is 2.34. The molecule has 0 amide bonds. The lowest BCUT2D eigenvalue weighted by molar-refractivity contribution is 0.0873. The lowest BCUT2D eigenvalue weighted by Crippen LogP contribution is -2.50. The molecule has 3 rings (SSSR count). The summed E-state index contributed by atoms with van der Waals surface area (Å²) in [7, 11) is 5.51. The number of rotatable bonds is 6. The van der Waals surface area contributed by atoms with Crippen LogP contribution in [0.4, 0.5) is 0 Å². The van der Waals surface area contributed by atoms with Gasteiger partial charge in [-0.15, -0.1) is 0 Å². The number of nitrogens with zero attached hydrogens (tertiary/aromatic N) is 3. The van der Waals surface area contributed by atoms with Crippen LogP contribution in [0.15, 0.2) is 22.6 Å². The Hall–Kier alpha value is -2.05. The Kier molecular flexibility index (Phi) is 5.84. The summed E-state index contributed by atoms with van der Waals surface area (Å²) >= 11 is 0. The second kappa shape index (κ2) is 8.10. The molecule has 1 atom stereocenters. The minimum Gasteiger partial charge on any atom is -0.497 e. The molecule has 0 aliphatic carbocycles. The topological polar surface area (TPSA) is 51.0 Å². The quantitative estimate of drug-likeness (QED) is 0.789. The third-order valence-electron chi connectivity index (χ3n) is 5.24. The highest BCUT2D eigenvalue weighted by atomic mass is 16.5. The second-order valence-corrected chi connectivity index (χ2v) is 6.87. The van der Waals surface area contributed by atoms with Crippen molar-refractivity contribution in [1.82, 2.24) is 14.8 Å². The first-order valence-corrected chi connectivity index (χ1v) is 9.17. The second-order valence-electron chi connectivity index (χ2n) is 6.87. The monoisotopic (exact) mass is 359 g/mol. The summed E-state index contributed by atoms with van der Waals surface area (Å²) in [6.07, 6.45) is 1.16. The van der Waals surface area contributed by atoms with E-state index in [0.717, 1.165) is 61.1 Å². The van der Waals surface area contributed by atoms with Gasteiger partial charge in [0, 0.05) is 32.2 Å². The van der Waals surface area contributed by atoms with E-state index in [4.69, 9.17) is 18.9 Å². The van der Waals surface area contributed by atoms with Gasteiger partial charge in [0.1, 0.15) is 17.3 Å². The molecule has 0 spiro atoms. The van der Waals surface area contributed by atoms with Crippen LogP contribution in [0.5, 0.6) is 11.5 Å². The lowest BCUT2D eigenvalue weighted by Gasteiger charge is -2.38. The van der Waals surface area contributed by atoms with E-state index in [9.17, 15) is 0 Å². The average Bonchev–Trinajstić information content (AvgIpc) is 3.03. The Morgan fingerprint density at radius 3 is 2.73 bits per heavy atom. The molecule has 0 N–H and O–H groups in total. The Morgan fingerprint density at radius 2 is 2.04 bits per heavy atom. The fourth-order valence-corrected chi connectivity index (χ4v) is 3.48. The van der Waals surface area contributed by atoms with Crippen LogP contribution in [-0.4, -0.2) is 61.7 Å². The number of methoxy groups -OCH3 is 2. The summed E-state index contributed by atoms with van der Waals surface area (Å²) < 4.78 is 16.8. The molecule has 0 unspecified atom stereocenters. The average molecular weight is 359 g/mol. The van der Waals surface area contributed by atoms with Gasteiger partial charge in [0.15, 0.2) is 0 Å². The first-order valence-electron chi connectivity index (χ1n) is 9.17. The molecular weight excluding hydrogens is 330 g/mol. The Morgan fingerprint density at radius 1 is 1.23 bits per heavy atom. The largest absolute Gasteiger partial charge is 0.497 e. The molecule has 26 heavy (non-hydrogen) atoms. The molecule has 0 bridgehead atoms. The van der Waals surface area contributed by atoms with Crippen molar-refractivity contribution in [3.05, 3.63) is 29.7 Å². The molecule has 6 nitrogen and oxygen atoms in total. The van der Waals surface area contributed by atoms with Crippen molar-refractivity contribution in [3.8, 4) is 23.0 Å². The predicted molar refractivity (Wildman–Crippen MR) is 102 cm³/mol. The molecule has 1 aromatic heterocycles. The van der Waals surface area contributed by atoms with E-state index >= 15 is 0 Å². The van der Waals surface area contributed by atoms with Crippen LogP contribution in [0.2, 0.25) is 0 Å². The highest BCUT2D eigenvalue weighted by molar-refractivity contribution is 5.65. The van der Waals surface area contributed by atoms with E-state index in [1.807, 2.05) is 25.1 Å². The van der Waals surface area contributed by atoms with E-state index in [0.29, 0.717) is 11.9 Å². The highest BCUT2D eigenvalue weighted by Gasteiger charge is 2.25. The fourth-order valence-electron chi connectivity index (χ4n) is 3.48. The van der Waals surface area contributed by atoms with Gasteiger partial charge in [-0.25, -0.2) is 4.98 Å². The van der Waals surface area contributed by atoms with Crippen LogP contribution in [0.3, 0.4) is 0 Å². The zero-order valence-electron chi connectivity index (χ0n) is 16.4. The Bertz CT molecular complexity index is 744. The van der Waals surface area contributed by atoms with Gasteiger partial charge in [0.2, 0.25) is 5.89 Å². The molecular formula is C20H29N3O3. The third kappa shape index (κ3) is 3.86. The first kappa shape index (κ1) is 18.7. The number of piperazine rings is 1. The van der Waals surface area contributed by atoms with E-state index in [2.05, 4.69) is 23.8 Å². The van der Waals surface area contributed by atoms with Crippen molar-refractivity contribution in [2.75, 3.05) is 40.9 Å². The van der Waals surface area contributed by atoms with Gasteiger partial charge < -0.3 is 18.8 Å². The van der Waals surface area contributed by atoms with Gasteiger partial charge >= 0.3 is 0 Å². The summed E-state index contributed by atoms with van der Waals surface area (Å²) in [4.78, 5) is 9.68. The predicted octanol–water partition coefficient (Wildman–Crippen LogP) is 3.19. The molecule has 1 aliphatic heterocycles. The van der Waals surface area contributed by atoms with Crippen LogP contribution in [-0.2, 0) is 6.54 Å². The smallest absolute Gasteiger partial charge is 0.230 e. The first-order chi connectivity index (χ1) is 12.5. The minimum absolute atomic E-state index is 0.578. The molecule has 0 saturated carbocycles. The number of hydrogen-bond donors (Lipinski definition) is 0. The molecule has 1 aromatic carbocycles. The van der Waals surface area contributed by atoms with Crippen LogP contribution in [0.25, 0.3) is 11.5 Å². The van der Waals surface area contributed by atoms with E-state index in [1.54, 1.807) is 14.2 Å². The Labute approximate surface area is 155 Å². The standard InChI is InChI=1S/C20H29N3O3/c1-6-15-12-23(10-9-22(15)3)13-18-14(2)26-20(21-18)17-11-16(24-4)7-8-19(17)25-5/h7-8,11,15H,6,9-10,12-13H2,1-5H3/t15-/m1/s1. The zero-order valence-corrected chi connectivity index (χ0v) is 16.4. The van der Waals surface area contributed by atoms with E-state index in [-0.39, 0.29) is 0 Å². The van der Waals surface area contributed by atoms with E-state index < -0.39 is 0 Å². The summed E-state index contributed by atoms with van der Waals surface area (Å²) in [6.45, 7) is 8.25. The van der Waals surface area contributed by atoms with Crippen molar-refractivity contribution >= 4 is 0 Å². The number of likely N-dealkylation sites (N-methyl/N-ethyl adjacent to an activating group) is 1. The maximum atomic E-state index is 5.97. The number of aryl methyl sites for hydroxylation is 1. The van der Waals surface area contributed by atoms with Crippen molar-refractivity contribution in [2.24, 2.45) is 0 Å². The van der Waals surface area contributed by atoms with Crippen molar-refractivity contribution in [3.63, 3.8) is 0 Å². The molecule has 2 aromatic rings. The van der Waals surface area contributed by atoms with Crippen LogP contribution >= 0.6 is 0 Å². The lowest BCUT2D eigenvalue weighted by atomic mass is 10.1. The maximum Gasteiger partial charge on any atom is 0.230 e. The minimum atomic E-state index is 0.578.